The lowest BCUT2D eigenvalue weighted by atomic mass is 10.1. The lowest BCUT2D eigenvalue weighted by Gasteiger charge is -2.07. The van der Waals surface area contributed by atoms with Gasteiger partial charge in [-0.3, -0.25) is 9.59 Å². The zero-order valence-electron chi connectivity index (χ0n) is 14.9. The van der Waals surface area contributed by atoms with Gasteiger partial charge in [0.25, 0.3) is 11.8 Å². The average Bonchev–Trinajstić information content (AvgIpc) is 3.24. The third-order valence-electron chi connectivity index (χ3n) is 4.02. The second-order valence-electron chi connectivity index (χ2n) is 5.87. The summed E-state index contributed by atoms with van der Waals surface area (Å²) in [6, 6.07) is 17.5. The van der Waals surface area contributed by atoms with Crippen LogP contribution in [0.25, 0.3) is 0 Å². The fourth-order valence-electron chi connectivity index (χ4n) is 2.48. The Labute approximate surface area is 157 Å². The molecule has 0 aliphatic carbocycles. The summed E-state index contributed by atoms with van der Waals surface area (Å²) in [6.45, 7) is 0.726. The van der Waals surface area contributed by atoms with Crippen LogP contribution < -0.4 is 15.4 Å². The Morgan fingerprint density at radius 2 is 1.44 bits per heavy atom. The van der Waals surface area contributed by atoms with Crippen LogP contribution in [0.4, 0.5) is 0 Å². The molecule has 2 amide bonds. The third kappa shape index (κ3) is 4.98. The standard InChI is InChI=1S/C21H20N2O4/c1-26-18-10-4-15(5-11-18)13-22-20(24)16-6-8-17(9-7-16)21(25)23-14-19-3-2-12-27-19/h2-12H,13-14H2,1H3,(H,22,24)(H,23,25). The number of ether oxygens (including phenoxy) is 1. The molecule has 0 aliphatic heterocycles. The molecule has 1 heterocycles. The SMILES string of the molecule is COc1ccc(CNC(=O)c2ccc(C(=O)NCc3ccco3)cc2)cc1. The fraction of sp³-hybridized carbons (Fsp3) is 0.143. The highest BCUT2D eigenvalue weighted by Crippen LogP contribution is 2.11. The van der Waals surface area contributed by atoms with E-state index < -0.39 is 0 Å². The maximum Gasteiger partial charge on any atom is 0.251 e. The normalized spacial score (nSPS) is 10.3. The van der Waals surface area contributed by atoms with E-state index in [0.717, 1.165) is 11.3 Å². The van der Waals surface area contributed by atoms with Crippen molar-refractivity contribution in [2.45, 2.75) is 13.1 Å². The first-order valence-corrected chi connectivity index (χ1v) is 8.47. The van der Waals surface area contributed by atoms with Gasteiger partial charge >= 0.3 is 0 Å². The second kappa shape index (κ2) is 8.71. The molecule has 0 spiro atoms. The summed E-state index contributed by atoms with van der Waals surface area (Å²) in [6.07, 6.45) is 1.56. The number of nitrogens with one attached hydrogen (secondary N) is 2. The number of methoxy groups -OCH3 is 1. The first-order chi connectivity index (χ1) is 13.2. The molecule has 27 heavy (non-hydrogen) atoms. The number of rotatable bonds is 7. The largest absolute Gasteiger partial charge is 0.497 e. The molecule has 0 saturated carbocycles. The predicted molar refractivity (Wildman–Crippen MR) is 100 cm³/mol. The summed E-state index contributed by atoms with van der Waals surface area (Å²) in [5.74, 6) is 1.02. The Bertz CT molecular complexity index is 885. The number of benzene rings is 2. The molecule has 6 heteroatoms. The van der Waals surface area contributed by atoms with Crippen LogP contribution in [0.5, 0.6) is 5.75 Å². The minimum atomic E-state index is -0.225. The van der Waals surface area contributed by atoms with E-state index in [2.05, 4.69) is 10.6 Å². The Hall–Kier alpha value is -3.54. The van der Waals surface area contributed by atoms with Crippen LogP contribution in [-0.4, -0.2) is 18.9 Å². The molecule has 2 N–H and O–H groups in total. The number of carbonyl (C=O) groups is 2. The predicted octanol–water partition coefficient (Wildman–Crippen LogP) is 3.15. The van der Waals surface area contributed by atoms with Crippen LogP contribution in [-0.2, 0) is 13.1 Å². The van der Waals surface area contributed by atoms with Crippen LogP contribution >= 0.6 is 0 Å². The summed E-state index contributed by atoms with van der Waals surface area (Å²) in [5, 5.41) is 5.61. The summed E-state index contributed by atoms with van der Waals surface area (Å²) in [5.41, 5.74) is 1.94. The molecule has 0 unspecified atom stereocenters. The van der Waals surface area contributed by atoms with E-state index in [-0.39, 0.29) is 11.8 Å². The van der Waals surface area contributed by atoms with Gasteiger partial charge in [0.15, 0.2) is 0 Å². The van der Waals surface area contributed by atoms with Crippen LogP contribution in [0.15, 0.2) is 71.3 Å². The molecule has 2 aromatic carbocycles. The van der Waals surface area contributed by atoms with Gasteiger partial charge in [0, 0.05) is 17.7 Å². The lowest BCUT2D eigenvalue weighted by Crippen LogP contribution is -2.24. The van der Waals surface area contributed by atoms with Gasteiger partial charge < -0.3 is 19.8 Å². The van der Waals surface area contributed by atoms with E-state index in [1.807, 2.05) is 24.3 Å². The van der Waals surface area contributed by atoms with Crippen molar-refractivity contribution in [1.82, 2.24) is 10.6 Å². The van der Waals surface area contributed by atoms with E-state index in [0.29, 0.717) is 30.0 Å². The Balaban J connectivity index is 1.52. The van der Waals surface area contributed by atoms with Crippen molar-refractivity contribution in [3.05, 3.63) is 89.4 Å². The topological polar surface area (TPSA) is 80.6 Å². The molecule has 0 atom stereocenters. The Kier molecular flexibility index (Phi) is 5.89. The molecular weight excluding hydrogens is 344 g/mol. The van der Waals surface area contributed by atoms with Gasteiger partial charge in [-0.15, -0.1) is 0 Å². The monoisotopic (exact) mass is 364 g/mol. The van der Waals surface area contributed by atoms with E-state index in [1.54, 1.807) is 49.8 Å². The number of amides is 2. The van der Waals surface area contributed by atoms with Crippen molar-refractivity contribution in [3.8, 4) is 5.75 Å². The molecule has 0 saturated heterocycles. The number of hydrogen-bond donors (Lipinski definition) is 2. The van der Waals surface area contributed by atoms with Gasteiger partial charge in [-0.2, -0.15) is 0 Å². The second-order valence-corrected chi connectivity index (χ2v) is 5.87. The molecule has 0 fully saturated rings. The fourth-order valence-corrected chi connectivity index (χ4v) is 2.48. The number of carbonyl (C=O) groups excluding carboxylic acids is 2. The van der Waals surface area contributed by atoms with Crippen molar-refractivity contribution in [3.63, 3.8) is 0 Å². The number of furan rings is 1. The van der Waals surface area contributed by atoms with E-state index in [1.165, 1.54) is 0 Å². The van der Waals surface area contributed by atoms with Crippen molar-refractivity contribution in [2.24, 2.45) is 0 Å². The van der Waals surface area contributed by atoms with Crippen LogP contribution in [0.1, 0.15) is 32.0 Å². The van der Waals surface area contributed by atoms with Crippen LogP contribution in [0.3, 0.4) is 0 Å². The third-order valence-corrected chi connectivity index (χ3v) is 4.02. The molecule has 0 bridgehead atoms. The van der Waals surface area contributed by atoms with Crippen molar-refractivity contribution in [1.29, 1.82) is 0 Å². The average molecular weight is 364 g/mol. The van der Waals surface area contributed by atoms with Crippen molar-refractivity contribution >= 4 is 11.8 Å². The minimum Gasteiger partial charge on any atom is -0.497 e. The smallest absolute Gasteiger partial charge is 0.251 e. The zero-order valence-corrected chi connectivity index (χ0v) is 14.9. The van der Waals surface area contributed by atoms with Crippen molar-refractivity contribution in [2.75, 3.05) is 7.11 Å². The van der Waals surface area contributed by atoms with Gasteiger partial charge in [-0.05, 0) is 54.1 Å². The number of hydrogen-bond acceptors (Lipinski definition) is 4. The zero-order chi connectivity index (χ0) is 19.1. The molecule has 0 aliphatic rings. The summed E-state index contributed by atoms with van der Waals surface area (Å²) in [7, 11) is 1.61. The maximum absolute atomic E-state index is 12.3. The van der Waals surface area contributed by atoms with Gasteiger partial charge in [-0.1, -0.05) is 12.1 Å². The highest BCUT2D eigenvalue weighted by atomic mass is 16.5. The summed E-state index contributed by atoms with van der Waals surface area (Å²) < 4.78 is 10.3. The quantitative estimate of drug-likeness (QED) is 0.675. The molecule has 3 aromatic rings. The Morgan fingerprint density at radius 1 is 0.852 bits per heavy atom. The first kappa shape index (κ1) is 18.3. The molecule has 0 radical (unpaired) electrons. The maximum atomic E-state index is 12.3. The molecule has 6 nitrogen and oxygen atoms in total. The van der Waals surface area contributed by atoms with Crippen LogP contribution in [0, 0.1) is 0 Å². The minimum absolute atomic E-state index is 0.201. The van der Waals surface area contributed by atoms with Gasteiger partial charge in [0.1, 0.15) is 11.5 Å². The summed E-state index contributed by atoms with van der Waals surface area (Å²) in [4.78, 5) is 24.4. The van der Waals surface area contributed by atoms with E-state index in [4.69, 9.17) is 9.15 Å². The lowest BCUT2D eigenvalue weighted by molar-refractivity contribution is 0.0937. The summed E-state index contributed by atoms with van der Waals surface area (Å²) >= 11 is 0. The van der Waals surface area contributed by atoms with Gasteiger partial charge in [0.2, 0.25) is 0 Å². The van der Waals surface area contributed by atoms with E-state index >= 15 is 0 Å². The first-order valence-electron chi connectivity index (χ1n) is 8.47. The highest BCUT2D eigenvalue weighted by Gasteiger charge is 2.09. The molecular formula is C21H20N2O4. The molecule has 3 rings (SSSR count). The molecule has 1 aromatic heterocycles. The Morgan fingerprint density at radius 3 is 1.96 bits per heavy atom. The molecule has 138 valence electrons. The highest BCUT2D eigenvalue weighted by molar-refractivity contribution is 5.97. The van der Waals surface area contributed by atoms with Gasteiger partial charge in [0.05, 0.1) is 19.9 Å². The van der Waals surface area contributed by atoms with Gasteiger partial charge in [-0.25, -0.2) is 0 Å². The van der Waals surface area contributed by atoms with Crippen LogP contribution in [0.2, 0.25) is 0 Å². The van der Waals surface area contributed by atoms with E-state index in [9.17, 15) is 9.59 Å². The van der Waals surface area contributed by atoms with Crippen molar-refractivity contribution < 1.29 is 18.7 Å².